The van der Waals surface area contributed by atoms with Gasteiger partial charge in [-0.1, -0.05) is 15.9 Å². The number of amides is 1. The summed E-state index contributed by atoms with van der Waals surface area (Å²) in [6, 6.07) is 4.93. The number of hydrogen-bond donors (Lipinski definition) is 1. The van der Waals surface area contributed by atoms with Crippen molar-refractivity contribution in [2.45, 2.75) is 18.2 Å². The predicted molar refractivity (Wildman–Crippen MR) is 85.0 cm³/mol. The highest BCUT2D eigenvalue weighted by atomic mass is 79.9. The Morgan fingerprint density at radius 2 is 2.00 bits per heavy atom. The molecule has 0 bridgehead atoms. The van der Waals surface area contributed by atoms with Crippen molar-refractivity contribution >= 4 is 47.8 Å². The quantitative estimate of drug-likeness (QED) is 0.708. The van der Waals surface area contributed by atoms with E-state index >= 15 is 0 Å². The summed E-state index contributed by atoms with van der Waals surface area (Å²) in [6.07, 6.45) is 0.559. The number of halogens is 2. The molecule has 0 aromatic heterocycles. The van der Waals surface area contributed by atoms with Gasteiger partial charge in [0.1, 0.15) is 0 Å². The van der Waals surface area contributed by atoms with Crippen LogP contribution in [-0.2, 0) is 14.8 Å². The van der Waals surface area contributed by atoms with Crippen LogP contribution in [0.25, 0.3) is 0 Å². The molecular formula is C12H16Br2N2O3S. The van der Waals surface area contributed by atoms with Crippen molar-refractivity contribution in [3.63, 3.8) is 0 Å². The standard InChI is InChI=1S/C12H16Br2N2O3S/c1-9(17)15-6-3-7-16(2)20(18,19)12-5-4-10(13)8-11(12)14/h4-5,8H,3,6-7H2,1-2H3,(H,15,17). The Hall–Kier alpha value is -0.440. The van der Waals surface area contributed by atoms with E-state index in [1.165, 1.54) is 18.3 Å². The lowest BCUT2D eigenvalue weighted by molar-refractivity contribution is -0.118. The van der Waals surface area contributed by atoms with Crippen molar-refractivity contribution in [2.75, 3.05) is 20.1 Å². The molecule has 0 aliphatic rings. The smallest absolute Gasteiger partial charge is 0.243 e. The van der Waals surface area contributed by atoms with Gasteiger partial charge < -0.3 is 5.32 Å². The van der Waals surface area contributed by atoms with E-state index in [0.29, 0.717) is 24.0 Å². The summed E-state index contributed by atoms with van der Waals surface area (Å²) >= 11 is 6.55. The van der Waals surface area contributed by atoms with Crippen LogP contribution in [0.2, 0.25) is 0 Å². The van der Waals surface area contributed by atoms with Crippen molar-refractivity contribution in [1.82, 2.24) is 9.62 Å². The number of carbonyl (C=O) groups excluding carboxylic acids is 1. The lowest BCUT2D eigenvalue weighted by Gasteiger charge is -2.18. The van der Waals surface area contributed by atoms with Gasteiger partial charge in [0.2, 0.25) is 15.9 Å². The average Bonchev–Trinajstić information content (AvgIpc) is 2.33. The van der Waals surface area contributed by atoms with Gasteiger partial charge in [0.15, 0.2) is 0 Å². The minimum Gasteiger partial charge on any atom is -0.356 e. The Morgan fingerprint density at radius 1 is 1.35 bits per heavy atom. The number of hydrogen-bond acceptors (Lipinski definition) is 3. The van der Waals surface area contributed by atoms with Crippen molar-refractivity contribution in [3.05, 3.63) is 27.1 Å². The summed E-state index contributed by atoms with van der Waals surface area (Å²) in [5.41, 5.74) is 0. The number of nitrogens with zero attached hydrogens (tertiary/aromatic N) is 1. The molecule has 112 valence electrons. The van der Waals surface area contributed by atoms with E-state index in [1.807, 2.05) is 0 Å². The molecule has 20 heavy (non-hydrogen) atoms. The fourth-order valence-corrected chi connectivity index (χ4v) is 4.45. The van der Waals surface area contributed by atoms with E-state index in [1.54, 1.807) is 18.2 Å². The maximum Gasteiger partial charge on any atom is 0.243 e. The summed E-state index contributed by atoms with van der Waals surface area (Å²) in [7, 11) is -2.01. The van der Waals surface area contributed by atoms with Crippen LogP contribution < -0.4 is 5.32 Å². The summed E-state index contributed by atoms with van der Waals surface area (Å²) in [5, 5.41) is 2.64. The molecule has 0 aliphatic carbocycles. The number of sulfonamides is 1. The van der Waals surface area contributed by atoms with Crippen LogP contribution in [0, 0.1) is 0 Å². The molecule has 1 aromatic carbocycles. The van der Waals surface area contributed by atoms with Gasteiger partial charge in [0.25, 0.3) is 0 Å². The summed E-state index contributed by atoms with van der Waals surface area (Å²) in [4.78, 5) is 11.0. The molecule has 0 saturated heterocycles. The average molecular weight is 428 g/mol. The third-order valence-corrected chi connectivity index (χ3v) is 5.93. The molecule has 0 aliphatic heterocycles. The van der Waals surface area contributed by atoms with Gasteiger partial charge in [-0.2, -0.15) is 0 Å². The van der Waals surface area contributed by atoms with Crippen molar-refractivity contribution in [3.8, 4) is 0 Å². The van der Waals surface area contributed by atoms with Crippen LogP contribution >= 0.6 is 31.9 Å². The number of rotatable bonds is 6. The van der Waals surface area contributed by atoms with Gasteiger partial charge in [-0.3, -0.25) is 4.79 Å². The third kappa shape index (κ3) is 4.83. The van der Waals surface area contributed by atoms with E-state index in [4.69, 9.17) is 0 Å². The predicted octanol–water partition coefficient (Wildman–Crippen LogP) is 2.36. The Balaban J connectivity index is 2.74. The monoisotopic (exact) mass is 426 g/mol. The van der Waals surface area contributed by atoms with Crippen LogP contribution in [0.4, 0.5) is 0 Å². The summed E-state index contributed by atoms with van der Waals surface area (Å²) in [6.45, 7) is 2.22. The van der Waals surface area contributed by atoms with Gasteiger partial charge >= 0.3 is 0 Å². The first kappa shape index (κ1) is 17.6. The van der Waals surface area contributed by atoms with Gasteiger partial charge in [0, 0.05) is 36.0 Å². The van der Waals surface area contributed by atoms with Gasteiger partial charge in [-0.25, -0.2) is 12.7 Å². The van der Waals surface area contributed by atoms with Gasteiger partial charge in [-0.15, -0.1) is 0 Å². The fraction of sp³-hybridized carbons (Fsp3) is 0.417. The zero-order valence-corrected chi connectivity index (χ0v) is 15.2. The van der Waals surface area contributed by atoms with Crippen molar-refractivity contribution in [2.24, 2.45) is 0 Å². The number of benzene rings is 1. The minimum absolute atomic E-state index is 0.119. The second-order valence-electron chi connectivity index (χ2n) is 4.24. The minimum atomic E-state index is -3.53. The highest BCUT2D eigenvalue weighted by molar-refractivity contribution is 9.11. The van der Waals surface area contributed by atoms with Crippen LogP contribution in [0.5, 0.6) is 0 Å². The van der Waals surface area contributed by atoms with Crippen LogP contribution in [0.15, 0.2) is 32.0 Å². The Labute approximate surface area is 136 Å². The first-order chi connectivity index (χ1) is 9.25. The normalized spacial score (nSPS) is 11.7. The van der Waals surface area contributed by atoms with E-state index in [2.05, 4.69) is 37.2 Å². The molecule has 0 fully saturated rings. The Kier molecular flexibility index (Phi) is 6.63. The Morgan fingerprint density at radius 3 is 2.55 bits per heavy atom. The Bertz CT molecular complexity index is 590. The van der Waals surface area contributed by atoms with Crippen LogP contribution in [0.1, 0.15) is 13.3 Å². The topological polar surface area (TPSA) is 66.5 Å². The second-order valence-corrected chi connectivity index (χ2v) is 8.02. The molecule has 1 amide bonds. The van der Waals surface area contributed by atoms with Crippen molar-refractivity contribution < 1.29 is 13.2 Å². The largest absolute Gasteiger partial charge is 0.356 e. The lowest BCUT2D eigenvalue weighted by atomic mass is 10.4. The van der Waals surface area contributed by atoms with Crippen molar-refractivity contribution in [1.29, 1.82) is 0 Å². The number of carbonyl (C=O) groups is 1. The van der Waals surface area contributed by atoms with E-state index in [0.717, 1.165) is 4.47 Å². The maximum atomic E-state index is 12.4. The molecule has 1 N–H and O–H groups in total. The highest BCUT2D eigenvalue weighted by Gasteiger charge is 2.22. The van der Waals surface area contributed by atoms with Gasteiger partial charge in [0.05, 0.1) is 4.90 Å². The molecule has 0 radical (unpaired) electrons. The van der Waals surface area contributed by atoms with Crippen LogP contribution in [-0.4, -0.2) is 38.8 Å². The molecule has 8 heteroatoms. The molecule has 0 spiro atoms. The SMILES string of the molecule is CC(=O)NCCCN(C)S(=O)(=O)c1ccc(Br)cc1Br. The molecule has 0 heterocycles. The van der Waals surface area contributed by atoms with Crippen LogP contribution in [0.3, 0.4) is 0 Å². The molecular weight excluding hydrogens is 412 g/mol. The third-order valence-electron chi connectivity index (χ3n) is 2.61. The van der Waals surface area contributed by atoms with E-state index in [-0.39, 0.29) is 10.8 Å². The lowest BCUT2D eigenvalue weighted by Crippen LogP contribution is -2.31. The molecule has 0 unspecified atom stereocenters. The fourth-order valence-electron chi connectivity index (χ4n) is 1.54. The molecule has 1 rings (SSSR count). The molecule has 1 aromatic rings. The molecule has 0 atom stereocenters. The summed E-state index contributed by atoms with van der Waals surface area (Å²) in [5.74, 6) is -0.119. The number of nitrogens with one attached hydrogen (secondary N) is 1. The highest BCUT2D eigenvalue weighted by Crippen LogP contribution is 2.27. The van der Waals surface area contributed by atoms with E-state index in [9.17, 15) is 13.2 Å². The molecule has 0 saturated carbocycles. The van der Waals surface area contributed by atoms with E-state index < -0.39 is 10.0 Å². The first-order valence-corrected chi connectivity index (χ1v) is 8.93. The second kappa shape index (κ2) is 7.53. The molecule has 5 nitrogen and oxygen atoms in total. The maximum absolute atomic E-state index is 12.4. The van der Waals surface area contributed by atoms with Gasteiger partial charge in [-0.05, 0) is 40.5 Å². The first-order valence-electron chi connectivity index (χ1n) is 5.91. The summed E-state index contributed by atoms with van der Waals surface area (Å²) < 4.78 is 27.4. The zero-order valence-electron chi connectivity index (χ0n) is 11.2. The zero-order chi connectivity index (χ0) is 15.3.